The van der Waals surface area contributed by atoms with E-state index in [1.807, 2.05) is 42.5 Å². The number of fused-ring (bicyclic) bond motifs is 1. The van der Waals surface area contributed by atoms with Gasteiger partial charge in [0.25, 0.3) is 0 Å². The molecule has 2 aromatic rings. The molecule has 4 nitrogen and oxygen atoms in total. The molecule has 0 unspecified atom stereocenters. The lowest BCUT2D eigenvalue weighted by molar-refractivity contribution is -0.149. The first-order chi connectivity index (χ1) is 9.49. The Balaban J connectivity index is 2.28. The third-order valence-corrected chi connectivity index (χ3v) is 3.40. The van der Waals surface area contributed by atoms with Crippen molar-refractivity contribution in [2.24, 2.45) is 0 Å². The van der Waals surface area contributed by atoms with Crippen LogP contribution in [0.5, 0.6) is 0 Å². The summed E-state index contributed by atoms with van der Waals surface area (Å²) in [5, 5.41) is 11.3. The minimum absolute atomic E-state index is 0.243. The first kappa shape index (κ1) is 14.1. The van der Waals surface area contributed by atoms with Crippen molar-refractivity contribution in [3.8, 4) is 0 Å². The smallest absolute Gasteiger partial charge is 0.326 e. The van der Waals surface area contributed by atoms with E-state index in [-0.39, 0.29) is 5.91 Å². The van der Waals surface area contributed by atoms with E-state index < -0.39 is 12.0 Å². The molecule has 0 heterocycles. The number of amides is 1. The van der Waals surface area contributed by atoms with Crippen LogP contribution in [0.2, 0.25) is 0 Å². The minimum Gasteiger partial charge on any atom is -0.480 e. The van der Waals surface area contributed by atoms with Crippen molar-refractivity contribution in [2.75, 3.05) is 0 Å². The van der Waals surface area contributed by atoms with E-state index in [0.29, 0.717) is 6.54 Å². The van der Waals surface area contributed by atoms with Crippen LogP contribution >= 0.6 is 0 Å². The molecule has 4 heteroatoms. The number of hydrogen-bond donors (Lipinski definition) is 1. The molecule has 0 saturated carbocycles. The average molecular weight is 271 g/mol. The summed E-state index contributed by atoms with van der Waals surface area (Å²) >= 11 is 0. The molecule has 0 saturated heterocycles. The molecule has 0 fully saturated rings. The van der Waals surface area contributed by atoms with Gasteiger partial charge in [-0.1, -0.05) is 36.4 Å². The van der Waals surface area contributed by atoms with Crippen molar-refractivity contribution in [3.63, 3.8) is 0 Å². The predicted octanol–water partition coefficient (Wildman–Crippen LogP) is 2.66. The summed E-state index contributed by atoms with van der Waals surface area (Å²) in [5.74, 6) is -1.24. The van der Waals surface area contributed by atoms with E-state index in [9.17, 15) is 9.59 Å². The van der Waals surface area contributed by atoms with Crippen LogP contribution in [0.4, 0.5) is 0 Å². The first-order valence-corrected chi connectivity index (χ1v) is 6.46. The molecule has 1 amide bonds. The first-order valence-electron chi connectivity index (χ1n) is 6.46. The second-order valence-electron chi connectivity index (χ2n) is 4.84. The van der Waals surface area contributed by atoms with E-state index in [1.54, 1.807) is 0 Å². The zero-order valence-electron chi connectivity index (χ0n) is 11.5. The van der Waals surface area contributed by atoms with Crippen LogP contribution in [0.3, 0.4) is 0 Å². The number of carbonyl (C=O) groups is 2. The third kappa shape index (κ3) is 2.96. The fourth-order valence-corrected chi connectivity index (χ4v) is 2.19. The SMILES string of the molecule is CC(=O)N(Cc1ccc2ccccc2c1)[C@@H](C)C(=O)O. The summed E-state index contributed by atoms with van der Waals surface area (Å²) in [6.07, 6.45) is 0. The summed E-state index contributed by atoms with van der Waals surface area (Å²) in [4.78, 5) is 24.0. The molecule has 0 bridgehead atoms. The molecule has 1 N–H and O–H groups in total. The van der Waals surface area contributed by atoms with Gasteiger partial charge in [-0.2, -0.15) is 0 Å². The summed E-state index contributed by atoms with van der Waals surface area (Å²) in [6, 6.07) is 13.0. The van der Waals surface area contributed by atoms with E-state index >= 15 is 0 Å². The van der Waals surface area contributed by atoms with Crippen molar-refractivity contribution in [2.45, 2.75) is 26.4 Å². The van der Waals surface area contributed by atoms with Crippen LogP contribution in [-0.2, 0) is 16.1 Å². The molecule has 0 aliphatic rings. The fourth-order valence-electron chi connectivity index (χ4n) is 2.19. The predicted molar refractivity (Wildman–Crippen MR) is 77.3 cm³/mol. The molecular formula is C16H17NO3. The van der Waals surface area contributed by atoms with Gasteiger partial charge in [-0.05, 0) is 29.3 Å². The average Bonchev–Trinajstić information content (AvgIpc) is 2.43. The lowest BCUT2D eigenvalue weighted by atomic mass is 10.1. The maximum atomic E-state index is 11.6. The highest BCUT2D eigenvalue weighted by Crippen LogP contribution is 2.17. The molecule has 1 atom stereocenters. The van der Waals surface area contributed by atoms with Gasteiger partial charge in [0.15, 0.2) is 0 Å². The van der Waals surface area contributed by atoms with Gasteiger partial charge in [-0.25, -0.2) is 4.79 Å². The van der Waals surface area contributed by atoms with Crippen molar-refractivity contribution >= 4 is 22.6 Å². The molecular weight excluding hydrogens is 254 g/mol. The van der Waals surface area contributed by atoms with Gasteiger partial charge in [0, 0.05) is 13.5 Å². The van der Waals surface area contributed by atoms with Crippen molar-refractivity contribution in [1.29, 1.82) is 0 Å². The van der Waals surface area contributed by atoms with Crippen LogP contribution < -0.4 is 0 Å². The number of aliphatic carboxylic acids is 1. The van der Waals surface area contributed by atoms with Crippen molar-refractivity contribution < 1.29 is 14.7 Å². The van der Waals surface area contributed by atoms with Crippen molar-refractivity contribution in [1.82, 2.24) is 4.90 Å². The monoisotopic (exact) mass is 271 g/mol. The Labute approximate surface area is 117 Å². The Morgan fingerprint density at radius 1 is 1.15 bits per heavy atom. The summed E-state index contributed by atoms with van der Waals surface area (Å²) in [7, 11) is 0. The highest BCUT2D eigenvalue weighted by molar-refractivity contribution is 5.84. The lowest BCUT2D eigenvalue weighted by Gasteiger charge is -2.25. The third-order valence-electron chi connectivity index (χ3n) is 3.40. The molecule has 2 aromatic carbocycles. The van der Waals surface area contributed by atoms with Crippen LogP contribution in [-0.4, -0.2) is 27.9 Å². The Hall–Kier alpha value is -2.36. The van der Waals surface area contributed by atoms with E-state index in [2.05, 4.69) is 0 Å². The molecule has 0 spiro atoms. The highest BCUT2D eigenvalue weighted by atomic mass is 16.4. The standard InChI is InChI=1S/C16H17NO3/c1-11(16(19)20)17(12(2)18)10-13-7-8-14-5-3-4-6-15(14)9-13/h3-9,11H,10H2,1-2H3,(H,19,20)/t11-/m0/s1. The number of carboxylic acid groups (broad SMARTS) is 1. The van der Waals surface area contributed by atoms with Gasteiger partial charge in [0.05, 0.1) is 0 Å². The minimum atomic E-state index is -0.999. The number of carboxylic acids is 1. The lowest BCUT2D eigenvalue weighted by Crippen LogP contribution is -2.41. The zero-order chi connectivity index (χ0) is 14.7. The van der Waals surface area contributed by atoms with E-state index in [0.717, 1.165) is 16.3 Å². The van der Waals surface area contributed by atoms with Gasteiger partial charge < -0.3 is 10.0 Å². The number of carbonyl (C=O) groups excluding carboxylic acids is 1. The van der Waals surface area contributed by atoms with Gasteiger partial charge in [-0.3, -0.25) is 4.79 Å². The molecule has 0 aliphatic carbocycles. The second-order valence-corrected chi connectivity index (χ2v) is 4.84. The summed E-state index contributed by atoms with van der Waals surface area (Å²) in [6.45, 7) is 3.21. The van der Waals surface area contributed by atoms with Crippen LogP contribution in [0, 0.1) is 0 Å². The van der Waals surface area contributed by atoms with Crippen LogP contribution in [0.1, 0.15) is 19.4 Å². The number of rotatable bonds is 4. The molecule has 0 radical (unpaired) electrons. The maximum absolute atomic E-state index is 11.6. The van der Waals surface area contributed by atoms with Gasteiger partial charge in [-0.15, -0.1) is 0 Å². The largest absolute Gasteiger partial charge is 0.480 e. The summed E-state index contributed by atoms with van der Waals surface area (Å²) < 4.78 is 0. The molecule has 2 rings (SSSR count). The van der Waals surface area contributed by atoms with Crippen LogP contribution in [0.15, 0.2) is 42.5 Å². The molecule has 104 valence electrons. The second kappa shape index (κ2) is 5.74. The number of benzene rings is 2. The van der Waals surface area contributed by atoms with E-state index in [4.69, 9.17) is 5.11 Å². The Bertz CT molecular complexity index is 651. The maximum Gasteiger partial charge on any atom is 0.326 e. The van der Waals surface area contributed by atoms with E-state index in [1.165, 1.54) is 18.7 Å². The van der Waals surface area contributed by atoms with Gasteiger partial charge in [0.1, 0.15) is 6.04 Å². The normalized spacial score (nSPS) is 12.1. The van der Waals surface area contributed by atoms with Crippen molar-refractivity contribution in [3.05, 3.63) is 48.0 Å². The highest BCUT2D eigenvalue weighted by Gasteiger charge is 2.22. The topological polar surface area (TPSA) is 57.6 Å². The summed E-state index contributed by atoms with van der Waals surface area (Å²) in [5.41, 5.74) is 0.923. The molecule has 0 aliphatic heterocycles. The van der Waals surface area contributed by atoms with Gasteiger partial charge in [0.2, 0.25) is 5.91 Å². The van der Waals surface area contributed by atoms with Gasteiger partial charge >= 0.3 is 5.97 Å². The number of nitrogens with zero attached hydrogens (tertiary/aromatic N) is 1. The Kier molecular flexibility index (Phi) is 4.03. The number of hydrogen-bond acceptors (Lipinski definition) is 2. The fraction of sp³-hybridized carbons (Fsp3) is 0.250. The zero-order valence-corrected chi connectivity index (χ0v) is 11.5. The molecule has 0 aromatic heterocycles. The Morgan fingerprint density at radius 3 is 2.40 bits per heavy atom. The quantitative estimate of drug-likeness (QED) is 0.930. The van der Waals surface area contributed by atoms with Crippen LogP contribution in [0.25, 0.3) is 10.8 Å². The molecule has 20 heavy (non-hydrogen) atoms. The Morgan fingerprint density at radius 2 is 1.80 bits per heavy atom.